The zero-order chi connectivity index (χ0) is 23.9. The average molecular weight is 466 g/mol. The van der Waals surface area contributed by atoms with E-state index in [2.05, 4.69) is 52.1 Å². The minimum absolute atomic E-state index is 0.148. The van der Waals surface area contributed by atoms with E-state index < -0.39 is 0 Å². The summed E-state index contributed by atoms with van der Waals surface area (Å²) in [6.07, 6.45) is 7.83. The van der Waals surface area contributed by atoms with Crippen LogP contribution in [0, 0.1) is 11.3 Å². The number of carbonyl (C=O) groups excluding carboxylic acids is 1. The number of fused-ring (bicyclic) bond motifs is 1. The molecule has 0 saturated heterocycles. The molecule has 0 fully saturated rings. The van der Waals surface area contributed by atoms with Crippen LogP contribution in [-0.4, -0.2) is 14.5 Å². The van der Waals surface area contributed by atoms with Crippen LogP contribution in [0.1, 0.15) is 50.7 Å². The lowest BCUT2D eigenvalue weighted by Crippen LogP contribution is -1.93. The fraction of sp³-hybridized carbons (Fsp3) is 0.241. The van der Waals surface area contributed by atoms with E-state index in [0.29, 0.717) is 0 Å². The molecular weight excluding hydrogens is 438 g/mol. The Kier molecular flexibility index (Phi) is 7.61. The second-order valence-electron chi connectivity index (χ2n) is 8.48. The summed E-state index contributed by atoms with van der Waals surface area (Å²) < 4.78 is 9.20. The van der Waals surface area contributed by atoms with Crippen molar-refractivity contribution in [1.29, 1.82) is 5.26 Å². The van der Waals surface area contributed by atoms with Gasteiger partial charge in [-0.05, 0) is 48.1 Å². The van der Waals surface area contributed by atoms with Gasteiger partial charge in [0, 0.05) is 11.1 Å². The number of Topliss-reactive ketones (excluding diaryl/α,β-unsaturated/α-hetero) is 1. The summed E-state index contributed by atoms with van der Waals surface area (Å²) >= 11 is 1.22. The van der Waals surface area contributed by atoms with E-state index in [-0.39, 0.29) is 11.4 Å². The number of carbonyl (C=O) groups is 1. The van der Waals surface area contributed by atoms with Crippen molar-refractivity contribution < 1.29 is 4.79 Å². The molecule has 0 amide bonds. The summed E-state index contributed by atoms with van der Waals surface area (Å²) in [5.41, 5.74) is 8.40. The molecule has 0 aliphatic rings. The second-order valence-corrected chi connectivity index (χ2v) is 9.01. The molecule has 3 aromatic carbocycles. The minimum Gasteiger partial charge on any atom is -0.294 e. The largest absolute Gasteiger partial charge is 0.294 e. The van der Waals surface area contributed by atoms with Gasteiger partial charge in [-0.2, -0.15) is 14.0 Å². The van der Waals surface area contributed by atoms with Crippen LogP contribution >= 0.6 is 11.7 Å². The molecule has 0 aliphatic carbocycles. The Hall–Kier alpha value is -3.62. The molecule has 5 heteroatoms. The van der Waals surface area contributed by atoms with Crippen LogP contribution in [0.3, 0.4) is 0 Å². The average Bonchev–Trinajstić information content (AvgIpc) is 3.35. The lowest BCUT2D eigenvalue weighted by molar-refractivity contribution is -0.113. The molecule has 0 unspecified atom stereocenters. The van der Waals surface area contributed by atoms with Crippen molar-refractivity contribution in [2.45, 2.75) is 46.0 Å². The molecule has 0 radical (unpaired) electrons. The van der Waals surface area contributed by atoms with Crippen LogP contribution in [0.5, 0.6) is 0 Å². The molecule has 4 aromatic rings. The standard InChI is InChI=1S/C29H27N3OS/c1-3-4-5-6-7-21-8-12-23(13-9-21)26-16-17-27(29-28(26)31-34-32-29)24-14-10-22(11-15-24)18-25(19-30)20(2)33/h8-18H,3-7H2,1-2H3/b25-18+. The number of aryl methyl sites for hydroxylation is 1. The molecule has 0 bridgehead atoms. The number of rotatable bonds is 9. The first-order chi connectivity index (χ1) is 16.6. The van der Waals surface area contributed by atoms with Gasteiger partial charge in [0.15, 0.2) is 5.78 Å². The quantitative estimate of drug-likeness (QED) is 0.145. The predicted octanol–water partition coefficient (Wildman–Crippen LogP) is 7.64. The summed E-state index contributed by atoms with van der Waals surface area (Å²) in [7, 11) is 0. The molecule has 0 spiro atoms. The van der Waals surface area contributed by atoms with Crippen LogP contribution in [-0.2, 0) is 11.2 Å². The molecular formula is C29H27N3OS. The Labute approximate surface area is 204 Å². The monoisotopic (exact) mass is 465 g/mol. The molecule has 170 valence electrons. The highest BCUT2D eigenvalue weighted by Gasteiger charge is 2.13. The number of hydrogen-bond acceptors (Lipinski definition) is 5. The third kappa shape index (κ3) is 5.30. The SMILES string of the molecule is CCCCCCc1ccc(-c2ccc(-c3ccc(/C=C(\C#N)C(C)=O)cc3)c3nsnc23)cc1. The van der Waals surface area contributed by atoms with E-state index in [4.69, 9.17) is 5.26 Å². The number of benzene rings is 3. The minimum atomic E-state index is -0.234. The normalized spacial score (nSPS) is 11.5. The Balaban J connectivity index is 1.59. The van der Waals surface area contributed by atoms with Crippen molar-refractivity contribution in [3.8, 4) is 28.3 Å². The van der Waals surface area contributed by atoms with Crippen molar-refractivity contribution >= 4 is 34.6 Å². The van der Waals surface area contributed by atoms with E-state index in [9.17, 15) is 4.79 Å². The molecule has 4 nitrogen and oxygen atoms in total. The highest BCUT2D eigenvalue weighted by Crippen LogP contribution is 2.35. The Morgan fingerprint density at radius 3 is 2.00 bits per heavy atom. The maximum Gasteiger partial charge on any atom is 0.170 e. The van der Waals surface area contributed by atoms with Gasteiger partial charge >= 0.3 is 0 Å². The number of unbranched alkanes of at least 4 members (excludes halogenated alkanes) is 3. The number of aromatic nitrogens is 2. The van der Waals surface area contributed by atoms with Crippen molar-refractivity contribution in [3.05, 3.63) is 77.4 Å². The lowest BCUT2D eigenvalue weighted by Gasteiger charge is -2.09. The van der Waals surface area contributed by atoms with Gasteiger partial charge in [-0.1, -0.05) is 86.8 Å². The van der Waals surface area contributed by atoms with Gasteiger partial charge in [0.05, 0.1) is 17.3 Å². The van der Waals surface area contributed by atoms with Gasteiger partial charge in [0.1, 0.15) is 17.1 Å². The predicted molar refractivity (Wildman–Crippen MR) is 140 cm³/mol. The molecule has 0 aliphatic heterocycles. The smallest absolute Gasteiger partial charge is 0.170 e. The molecule has 1 aromatic heterocycles. The van der Waals surface area contributed by atoms with E-state index in [1.807, 2.05) is 30.3 Å². The summed E-state index contributed by atoms with van der Waals surface area (Å²) in [6.45, 7) is 3.64. The summed E-state index contributed by atoms with van der Waals surface area (Å²) in [4.78, 5) is 11.5. The summed E-state index contributed by atoms with van der Waals surface area (Å²) in [5.74, 6) is -0.234. The summed E-state index contributed by atoms with van der Waals surface area (Å²) in [6, 6.07) is 22.8. The Morgan fingerprint density at radius 2 is 1.47 bits per heavy atom. The van der Waals surface area contributed by atoms with Gasteiger partial charge in [-0.3, -0.25) is 4.79 Å². The fourth-order valence-corrected chi connectivity index (χ4v) is 4.65. The number of ketones is 1. The summed E-state index contributed by atoms with van der Waals surface area (Å²) in [5, 5.41) is 9.12. The van der Waals surface area contributed by atoms with Gasteiger partial charge in [-0.25, -0.2) is 0 Å². The number of hydrogen-bond donors (Lipinski definition) is 0. The third-order valence-electron chi connectivity index (χ3n) is 6.03. The zero-order valence-corrected chi connectivity index (χ0v) is 20.4. The van der Waals surface area contributed by atoms with Gasteiger partial charge in [0.25, 0.3) is 0 Å². The van der Waals surface area contributed by atoms with Crippen LogP contribution in [0.4, 0.5) is 0 Å². The molecule has 1 heterocycles. The van der Waals surface area contributed by atoms with Gasteiger partial charge in [-0.15, -0.1) is 0 Å². The number of nitrogens with zero attached hydrogens (tertiary/aromatic N) is 3. The zero-order valence-electron chi connectivity index (χ0n) is 19.5. The first-order valence-electron chi connectivity index (χ1n) is 11.7. The molecule has 0 saturated carbocycles. The van der Waals surface area contributed by atoms with E-state index in [0.717, 1.165) is 45.3 Å². The van der Waals surface area contributed by atoms with Crippen LogP contribution in [0.15, 0.2) is 66.2 Å². The second kappa shape index (κ2) is 11.0. The Morgan fingerprint density at radius 1 is 0.882 bits per heavy atom. The number of nitriles is 1. The van der Waals surface area contributed by atoms with E-state index in [1.54, 1.807) is 6.08 Å². The third-order valence-corrected chi connectivity index (χ3v) is 6.56. The lowest BCUT2D eigenvalue weighted by atomic mass is 9.96. The van der Waals surface area contributed by atoms with Gasteiger partial charge in [0.2, 0.25) is 0 Å². The molecule has 0 atom stereocenters. The Bertz CT molecular complexity index is 1360. The fourth-order valence-electron chi connectivity index (χ4n) is 4.08. The molecule has 0 N–H and O–H groups in total. The van der Waals surface area contributed by atoms with E-state index >= 15 is 0 Å². The van der Waals surface area contributed by atoms with Crippen LogP contribution in [0.25, 0.3) is 39.4 Å². The molecule has 34 heavy (non-hydrogen) atoms. The highest BCUT2D eigenvalue weighted by atomic mass is 32.1. The maximum atomic E-state index is 11.5. The highest BCUT2D eigenvalue weighted by molar-refractivity contribution is 7.00. The first kappa shape index (κ1) is 23.5. The van der Waals surface area contributed by atoms with Crippen molar-refractivity contribution in [2.24, 2.45) is 0 Å². The first-order valence-corrected chi connectivity index (χ1v) is 12.4. The van der Waals surface area contributed by atoms with Gasteiger partial charge < -0.3 is 0 Å². The van der Waals surface area contributed by atoms with Crippen molar-refractivity contribution in [2.75, 3.05) is 0 Å². The van der Waals surface area contributed by atoms with E-state index in [1.165, 1.54) is 49.9 Å². The van der Waals surface area contributed by atoms with Crippen molar-refractivity contribution in [1.82, 2.24) is 8.75 Å². The topological polar surface area (TPSA) is 66.6 Å². The van der Waals surface area contributed by atoms with Crippen LogP contribution in [0.2, 0.25) is 0 Å². The van der Waals surface area contributed by atoms with Crippen molar-refractivity contribution in [3.63, 3.8) is 0 Å². The number of allylic oxidation sites excluding steroid dienone is 1. The maximum absolute atomic E-state index is 11.5. The molecule has 4 rings (SSSR count). The van der Waals surface area contributed by atoms with Crippen LogP contribution < -0.4 is 0 Å².